The second-order valence-electron chi connectivity index (χ2n) is 5.74. The first-order chi connectivity index (χ1) is 9.16. The topological polar surface area (TPSA) is 53.6 Å². The fraction of sp³-hybridized carbons (Fsp3) is 0.929. The van der Waals surface area contributed by atoms with Gasteiger partial charge in [0.15, 0.2) is 0 Å². The second kappa shape index (κ2) is 7.22. The van der Waals surface area contributed by atoms with Crippen LogP contribution in [0.3, 0.4) is 0 Å². The highest BCUT2D eigenvalue weighted by Crippen LogP contribution is 2.10. The van der Waals surface area contributed by atoms with E-state index in [0.29, 0.717) is 18.5 Å². The van der Waals surface area contributed by atoms with Crippen molar-refractivity contribution in [2.24, 2.45) is 0 Å². The fourth-order valence-corrected chi connectivity index (χ4v) is 2.89. The van der Waals surface area contributed by atoms with Crippen molar-refractivity contribution in [3.63, 3.8) is 0 Å². The van der Waals surface area contributed by atoms with Crippen LogP contribution in [0.15, 0.2) is 0 Å². The molecular formula is C14H27N3O2. The number of morpholine rings is 1. The molecule has 2 aliphatic rings. The van der Waals surface area contributed by atoms with E-state index in [0.717, 1.165) is 39.3 Å². The van der Waals surface area contributed by atoms with Crippen molar-refractivity contribution >= 4 is 5.91 Å². The summed E-state index contributed by atoms with van der Waals surface area (Å²) in [7, 11) is 0. The van der Waals surface area contributed by atoms with Gasteiger partial charge < -0.3 is 15.4 Å². The van der Waals surface area contributed by atoms with E-state index in [9.17, 15) is 4.79 Å². The van der Waals surface area contributed by atoms with Gasteiger partial charge in [0, 0.05) is 37.6 Å². The van der Waals surface area contributed by atoms with Crippen LogP contribution in [0.2, 0.25) is 0 Å². The van der Waals surface area contributed by atoms with Gasteiger partial charge in [-0.05, 0) is 33.2 Å². The summed E-state index contributed by atoms with van der Waals surface area (Å²) in [4.78, 5) is 14.4. The minimum Gasteiger partial charge on any atom is -0.379 e. The highest BCUT2D eigenvalue weighted by atomic mass is 16.5. The number of hydrogen-bond acceptors (Lipinski definition) is 4. The van der Waals surface area contributed by atoms with Gasteiger partial charge in [-0.2, -0.15) is 0 Å². The van der Waals surface area contributed by atoms with E-state index in [2.05, 4.69) is 29.4 Å². The maximum atomic E-state index is 12.0. The maximum absolute atomic E-state index is 12.0. The smallest absolute Gasteiger partial charge is 0.221 e. The van der Waals surface area contributed by atoms with E-state index in [1.807, 2.05) is 0 Å². The molecule has 0 aromatic carbocycles. The van der Waals surface area contributed by atoms with Crippen molar-refractivity contribution in [3.8, 4) is 0 Å². The number of amides is 1. The molecule has 0 bridgehead atoms. The molecule has 0 radical (unpaired) electrons. The van der Waals surface area contributed by atoms with Gasteiger partial charge in [0.1, 0.15) is 0 Å². The number of ether oxygens (including phenoxy) is 1. The molecule has 2 saturated heterocycles. The van der Waals surface area contributed by atoms with Crippen LogP contribution in [0.1, 0.15) is 33.1 Å². The van der Waals surface area contributed by atoms with E-state index >= 15 is 0 Å². The molecule has 2 N–H and O–H groups in total. The van der Waals surface area contributed by atoms with E-state index in [-0.39, 0.29) is 11.9 Å². The summed E-state index contributed by atoms with van der Waals surface area (Å²) in [5.74, 6) is 0.173. The van der Waals surface area contributed by atoms with E-state index in [1.54, 1.807) is 0 Å². The summed E-state index contributed by atoms with van der Waals surface area (Å²) in [5.41, 5.74) is 0. The summed E-state index contributed by atoms with van der Waals surface area (Å²) < 4.78 is 5.36. The molecule has 3 atom stereocenters. The van der Waals surface area contributed by atoms with E-state index in [4.69, 9.17) is 4.74 Å². The number of carbonyl (C=O) groups excluding carboxylic acids is 1. The zero-order chi connectivity index (χ0) is 13.7. The molecule has 5 nitrogen and oxygen atoms in total. The summed E-state index contributed by atoms with van der Waals surface area (Å²) in [6.45, 7) is 8.87. The Labute approximate surface area is 116 Å². The van der Waals surface area contributed by atoms with E-state index in [1.165, 1.54) is 6.42 Å². The third-order valence-electron chi connectivity index (χ3n) is 4.33. The lowest BCUT2D eigenvalue weighted by Gasteiger charge is -2.36. The van der Waals surface area contributed by atoms with Crippen LogP contribution >= 0.6 is 0 Å². The Balaban J connectivity index is 1.72. The van der Waals surface area contributed by atoms with Gasteiger partial charge in [0.2, 0.25) is 5.91 Å². The average molecular weight is 269 g/mol. The molecule has 0 saturated carbocycles. The molecule has 0 aromatic heterocycles. The van der Waals surface area contributed by atoms with Crippen molar-refractivity contribution < 1.29 is 9.53 Å². The van der Waals surface area contributed by atoms with Crippen molar-refractivity contribution in [3.05, 3.63) is 0 Å². The normalized spacial score (nSPS) is 28.0. The first-order valence-electron chi connectivity index (χ1n) is 7.51. The Kier molecular flexibility index (Phi) is 5.60. The van der Waals surface area contributed by atoms with Crippen LogP contribution in [-0.2, 0) is 9.53 Å². The van der Waals surface area contributed by atoms with Crippen LogP contribution in [0.4, 0.5) is 0 Å². The third kappa shape index (κ3) is 4.44. The largest absolute Gasteiger partial charge is 0.379 e. The molecule has 5 heteroatoms. The molecule has 2 rings (SSSR count). The Morgan fingerprint density at radius 2 is 2.16 bits per heavy atom. The van der Waals surface area contributed by atoms with Crippen molar-refractivity contribution in [1.29, 1.82) is 0 Å². The summed E-state index contributed by atoms with van der Waals surface area (Å²) in [5, 5.41) is 6.51. The molecule has 0 spiro atoms. The quantitative estimate of drug-likeness (QED) is 0.756. The highest BCUT2D eigenvalue weighted by Gasteiger charge is 2.24. The average Bonchev–Trinajstić information content (AvgIpc) is 2.91. The SMILES string of the molecule is CC(NC(=O)CC1CCCN1)C(C)N1CCOCC1. The number of carbonyl (C=O) groups is 1. The van der Waals surface area contributed by atoms with Crippen LogP contribution in [0, 0.1) is 0 Å². The molecule has 2 heterocycles. The molecule has 1 amide bonds. The second-order valence-corrected chi connectivity index (χ2v) is 5.74. The van der Waals surface area contributed by atoms with Crippen molar-refractivity contribution in [1.82, 2.24) is 15.5 Å². The number of nitrogens with zero attached hydrogens (tertiary/aromatic N) is 1. The standard InChI is InChI=1S/C14H27N3O2/c1-11(12(2)17-6-8-19-9-7-17)16-14(18)10-13-4-3-5-15-13/h11-13,15H,3-10H2,1-2H3,(H,16,18). The first kappa shape index (κ1) is 14.8. The Morgan fingerprint density at radius 3 is 2.79 bits per heavy atom. The predicted molar refractivity (Wildman–Crippen MR) is 75.1 cm³/mol. The monoisotopic (exact) mass is 269 g/mol. The molecule has 2 aliphatic heterocycles. The van der Waals surface area contributed by atoms with E-state index < -0.39 is 0 Å². The minimum atomic E-state index is 0.173. The molecule has 0 aliphatic carbocycles. The third-order valence-corrected chi connectivity index (χ3v) is 4.33. The van der Waals surface area contributed by atoms with Gasteiger partial charge in [0.05, 0.1) is 13.2 Å². The molecule has 110 valence electrons. The highest BCUT2D eigenvalue weighted by molar-refractivity contribution is 5.77. The maximum Gasteiger partial charge on any atom is 0.221 e. The lowest BCUT2D eigenvalue weighted by Crippen LogP contribution is -2.52. The van der Waals surface area contributed by atoms with Crippen LogP contribution in [0.5, 0.6) is 0 Å². The Hall–Kier alpha value is -0.650. The first-order valence-corrected chi connectivity index (χ1v) is 7.51. The summed E-state index contributed by atoms with van der Waals surface area (Å²) in [6, 6.07) is 0.933. The molecule has 2 fully saturated rings. The lowest BCUT2D eigenvalue weighted by atomic mass is 10.1. The van der Waals surface area contributed by atoms with Crippen LogP contribution < -0.4 is 10.6 Å². The molecular weight excluding hydrogens is 242 g/mol. The number of rotatable bonds is 5. The van der Waals surface area contributed by atoms with Gasteiger partial charge in [-0.25, -0.2) is 0 Å². The van der Waals surface area contributed by atoms with Crippen LogP contribution in [0.25, 0.3) is 0 Å². The molecule has 0 aromatic rings. The summed E-state index contributed by atoms with van der Waals surface area (Å²) >= 11 is 0. The van der Waals surface area contributed by atoms with Gasteiger partial charge in [-0.3, -0.25) is 9.69 Å². The molecule has 3 unspecified atom stereocenters. The Morgan fingerprint density at radius 1 is 1.42 bits per heavy atom. The summed E-state index contributed by atoms with van der Waals surface area (Å²) in [6.07, 6.45) is 2.93. The number of hydrogen-bond donors (Lipinski definition) is 2. The van der Waals surface area contributed by atoms with Crippen molar-refractivity contribution in [2.75, 3.05) is 32.8 Å². The van der Waals surface area contributed by atoms with Gasteiger partial charge in [0.25, 0.3) is 0 Å². The van der Waals surface area contributed by atoms with Crippen molar-refractivity contribution in [2.45, 2.75) is 51.2 Å². The minimum absolute atomic E-state index is 0.173. The van der Waals surface area contributed by atoms with Gasteiger partial charge in [-0.15, -0.1) is 0 Å². The fourth-order valence-electron chi connectivity index (χ4n) is 2.89. The Bertz CT molecular complexity index is 286. The van der Waals surface area contributed by atoms with Gasteiger partial charge in [-0.1, -0.05) is 0 Å². The van der Waals surface area contributed by atoms with Gasteiger partial charge >= 0.3 is 0 Å². The number of nitrogens with one attached hydrogen (secondary N) is 2. The predicted octanol–water partition coefficient (Wildman–Crippen LogP) is 0.354. The molecule has 19 heavy (non-hydrogen) atoms. The zero-order valence-corrected chi connectivity index (χ0v) is 12.2. The van der Waals surface area contributed by atoms with Crippen LogP contribution in [-0.4, -0.2) is 61.8 Å². The lowest BCUT2D eigenvalue weighted by molar-refractivity contribution is -0.122. The zero-order valence-electron chi connectivity index (χ0n) is 12.2.